The van der Waals surface area contributed by atoms with Crippen LogP contribution in [-0.4, -0.2) is 57.2 Å². The zero-order valence-corrected chi connectivity index (χ0v) is 19.6. The molecule has 170 valence electrons. The maximum atomic E-state index is 12.6. The number of fused-ring (bicyclic) bond motifs is 3. The van der Waals surface area contributed by atoms with Gasteiger partial charge in [0.1, 0.15) is 0 Å². The molecule has 4 rings (SSSR count). The lowest BCUT2D eigenvalue weighted by Crippen LogP contribution is -2.48. The molecule has 2 saturated heterocycles. The molecule has 1 aromatic rings. The molecule has 3 heterocycles. The fourth-order valence-electron chi connectivity index (χ4n) is 5.10. The van der Waals surface area contributed by atoms with Crippen molar-refractivity contribution in [3.63, 3.8) is 0 Å². The van der Waals surface area contributed by atoms with Crippen molar-refractivity contribution in [2.75, 3.05) is 40.4 Å². The van der Waals surface area contributed by atoms with Gasteiger partial charge < -0.3 is 20.1 Å². The fraction of sp³-hybridized carbons (Fsp3) is 0.682. The van der Waals surface area contributed by atoms with Crippen LogP contribution in [0.15, 0.2) is 12.1 Å². The van der Waals surface area contributed by atoms with Gasteiger partial charge in [-0.2, -0.15) is 0 Å². The van der Waals surface area contributed by atoms with Crippen molar-refractivity contribution >= 4 is 30.7 Å². The number of halogens is 2. The number of nitrogens with one attached hydrogen (secondary N) is 2. The Morgan fingerprint density at radius 2 is 1.80 bits per heavy atom. The Hall–Kier alpha value is -1.21. The Balaban J connectivity index is 0.00000160. The minimum atomic E-state index is 0. The Bertz CT molecular complexity index is 713. The SMILES string of the molecule is COc1cc2c(cc1OC)C1CC(NC(=O)CC3CCNCC3)CCN1CC2.Cl.Cl. The monoisotopic (exact) mass is 459 g/mol. The molecule has 1 amide bonds. The third-order valence-corrected chi connectivity index (χ3v) is 6.68. The van der Waals surface area contributed by atoms with Crippen LogP contribution in [0.25, 0.3) is 0 Å². The van der Waals surface area contributed by atoms with Gasteiger partial charge in [0.15, 0.2) is 11.5 Å². The molecule has 1 aromatic carbocycles. The van der Waals surface area contributed by atoms with Gasteiger partial charge in [0.2, 0.25) is 5.91 Å². The van der Waals surface area contributed by atoms with Crippen molar-refractivity contribution in [1.29, 1.82) is 0 Å². The number of benzene rings is 1. The smallest absolute Gasteiger partial charge is 0.220 e. The Kier molecular flexibility index (Phi) is 9.54. The van der Waals surface area contributed by atoms with Gasteiger partial charge in [0.25, 0.3) is 0 Å². The summed E-state index contributed by atoms with van der Waals surface area (Å²) in [7, 11) is 3.38. The summed E-state index contributed by atoms with van der Waals surface area (Å²) in [6, 6.07) is 4.88. The molecule has 2 unspecified atom stereocenters. The maximum Gasteiger partial charge on any atom is 0.220 e. The van der Waals surface area contributed by atoms with Crippen LogP contribution in [0.3, 0.4) is 0 Å². The van der Waals surface area contributed by atoms with E-state index >= 15 is 0 Å². The summed E-state index contributed by atoms with van der Waals surface area (Å²) in [6.45, 7) is 4.20. The molecule has 6 nitrogen and oxygen atoms in total. The van der Waals surface area contributed by atoms with E-state index in [2.05, 4.69) is 27.7 Å². The highest BCUT2D eigenvalue weighted by Gasteiger charge is 2.35. The van der Waals surface area contributed by atoms with E-state index in [1.807, 2.05) is 0 Å². The standard InChI is InChI=1S/C22H33N3O3.2ClH/c1-27-20-12-16-5-9-25-10-6-17(13-19(25)18(16)14-21(20)28-2)24-22(26)11-15-3-7-23-8-4-15;;/h12,14-15,17,19,23H,3-11,13H2,1-2H3,(H,24,26);2*1H. The van der Waals surface area contributed by atoms with Crippen LogP contribution in [0.4, 0.5) is 0 Å². The summed E-state index contributed by atoms with van der Waals surface area (Å²) >= 11 is 0. The lowest BCUT2D eigenvalue weighted by atomic mass is 9.84. The summed E-state index contributed by atoms with van der Waals surface area (Å²) in [4.78, 5) is 15.1. The van der Waals surface area contributed by atoms with E-state index in [9.17, 15) is 4.79 Å². The molecule has 3 aliphatic rings. The molecule has 3 aliphatic heterocycles. The minimum Gasteiger partial charge on any atom is -0.493 e. The van der Waals surface area contributed by atoms with Gasteiger partial charge in [0.05, 0.1) is 14.2 Å². The highest BCUT2D eigenvalue weighted by Crippen LogP contribution is 2.41. The van der Waals surface area contributed by atoms with Crippen molar-refractivity contribution < 1.29 is 14.3 Å². The number of ether oxygens (including phenoxy) is 2. The maximum absolute atomic E-state index is 12.6. The second-order valence-corrected chi connectivity index (χ2v) is 8.39. The van der Waals surface area contributed by atoms with Crippen molar-refractivity contribution in [2.24, 2.45) is 5.92 Å². The third kappa shape index (κ3) is 5.52. The van der Waals surface area contributed by atoms with Crippen molar-refractivity contribution in [1.82, 2.24) is 15.5 Å². The lowest BCUT2D eigenvalue weighted by Gasteiger charge is -2.43. The number of hydrogen-bond donors (Lipinski definition) is 2. The Morgan fingerprint density at radius 3 is 2.50 bits per heavy atom. The van der Waals surface area contributed by atoms with E-state index in [4.69, 9.17) is 9.47 Å². The number of carbonyl (C=O) groups is 1. The normalized spacial score (nSPS) is 23.8. The summed E-state index contributed by atoms with van der Waals surface area (Å²) in [5, 5.41) is 6.71. The molecule has 8 heteroatoms. The summed E-state index contributed by atoms with van der Waals surface area (Å²) in [5.41, 5.74) is 2.68. The van der Waals surface area contributed by atoms with Crippen molar-refractivity contribution in [3.05, 3.63) is 23.3 Å². The zero-order chi connectivity index (χ0) is 19.5. The number of amides is 1. The first kappa shape index (κ1) is 25.1. The quantitative estimate of drug-likeness (QED) is 0.707. The molecule has 2 fully saturated rings. The van der Waals surface area contributed by atoms with Gasteiger partial charge in [-0.25, -0.2) is 0 Å². The number of rotatable bonds is 5. The molecule has 0 saturated carbocycles. The molecule has 0 spiro atoms. The average Bonchev–Trinajstić information content (AvgIpc) is 2.73. The predicted molar refractivity (Wildman–Crippen MR) is 123 cm³/mol. The van der Waals surface area contributed by atoms with Gasteiger partial charge in [-0.1, -0.05) is 0 Å². The second kappa shape index (κ2) is 11.4. The van der Waals surface area contributed by atoms with E-state index < -0.39 is 0 Å². The Labute approximate surface area is 192 Å². The number of piperidine rings is 2. The van der Waals surface area contributed by atoms with Gasteiger partial charge in [0, 0.05) is 31.6 Å². The second-order valence-electron chi connectivity index (χ2n) is 8.39. The Morgan fingerprint density at radius 1 is 1.10 bits per heavy atom. The molecule has 0 aliphatic carbocycles. The number of hydrogen-bond acceptors (Lipinski definition) is 5. The molecular weight excluding hydrogens is 425 g/mol. The summed E-state index contributed by atoms with van der Waals surface area (Å²) in [5.74, 6) is 2.36. The van der Waals surface area contributed by atoms with Crippen LogP contribution in [0.5, 0.6) is 11.5 Å². The molecule has 2 N–H and O–H groups in total. The van der Waals surface area contributed by atoms with E-state index in [1.165, 1.54) is 11.1 Å². The largest absolute Gasteiger partial charge is 0.493 e. The van der Waals surface area contributed by atoms with Gasteiger partial charge in [-0.3, -0.25) is 9.69 Å². The fourth-order valence-corrected chi connectivity index (χ4v) is 5.10. The van der Waals surface area contributed by atoms with Crippen LogP contribution in [0.1, 0.15) is 49.3 Å². The zero-order valence-electron chi connectivity index (χ0n) is 17.9. The highest BCUT2D eigenvalue weighted by molar-refractivity contribution is 5.85. The van der Waals surface area contributed by atoms with Crippen molar-refractivity contribution in [3.8, 4) is 11.5 Å². The minimum absolute atomic E-state index is 0. The first-order chi connectivity index (χ1) is 13.7. The molecule has 2 atom stereocenters. The van der Waals surface area contributed by atoms with Crippen LogP contribution >= 0.6 is 24.8 Å². The average molecular weight is 460 g/mol. The van der Waals surface area contributed by atoms with Gasteiger partial charge in [-0.05, 0) is 74.4 Å². The van der Waals surface area contributed by atoms with Gasteiger partial charge in [-0.15, -0.1) is 24.8 Å². The van der Waals surface area contributed by atoms with Crippen LogP contribution < -0.4 is 20.1 Å². The lowest BCUT2D eigenvalue weighted by molar-refractivity contribution is -0.123. The number of methoxy groups -OCH3 is 2. The van der Waals surface area contributed by atoms with Crippen LogP contribution in [-0.2, 0) is 11.2 Å². The topological polar surface area (TPSA) is 62.8 Å². The van der Waals surface area contributed by atoms with Gasteiger partial charge >= 0.3 is 0 Å². The third-order valence-electron chi connectivity index (χ3n) is 6.68. The van der Waals surface area contributed by atoms with Crippen LogP contribution in [0.2, 0.25) is 0 Å². The summed E-state index contributed by atoms with van der Waals surface area (Å²) < 4.78 is 11.0. The van der Waals surface area contributed by atoms with E-state index in [1.54, 1.807) is 14.2 Å². The number of nitrogens with zero attached hydrogens (tertiary/aromatic N) is 1. The summed E-state index contributed by atoms with van der Waals surface area (Å²) in [6.07, 6.45) is 5.96. The molecule has 0 bridgehead atoms. The highest BCUT2D eigenvalue weighted by atomic mass is 35.5. The number of carbonyl (C=O) groups excluding carboxylic acids is 1. The molecule has 0 aromatic heterocycles. The molecule has 0 radical (unpaired) electrons. The van der Waals surface area contributed by atoms with E-state index in [0.717, 1.165) is 69.8 Å². The first-order valence-corrected chi connectivity index (χ1v) is 10.7. The predicted octanol–water partition coefficient (Wildman–Crippen LogP) is 3.11. The first-order valence-electron chi connectivity index (χ1n) is 10.7. The molecular formula is C22H35Cl2N3O3. The van der Waals surface area contributed by atoms with E-state index in [0.29, 0.717) is 18.4 Å². The van der Waals surface area contributed by atoms with Crippen LogP contribution in [0, 0.1) is 5.92 Å². The van der Waals surface area contributed by atoms with Crippen molar-refractivity contribution in [2.45, 2.75) is 50.6 Å². The van der Waals surface area contributed by atoms with E-state index in [-0.39, 0.29) is 36.8 Å². The molecule has 30 heavy (non-hydrogen) atoms.